The van der Waals surface area contributed by atoms with Crippen molar-refractivity contribution in [1.29, 1.82) is 0 Å². The fraction of sp³-hybridized carbons (Fsp3) is 0.588. The van der Waals surface area contributed by atoms with Gasteiger partial charge in [0.25, 0.3) is 0 Å². The van der Waals surface area contributed by atoms with Crippen LogP contribution < -0.4 is 0 Å². The average molecular weight is 230 g/mol. The van der Waals surface area contributed by atoms with Crippen molar-refractivity contribution in [3.63, 3.8) is 0 Å². The van der Waals surface area contributed by atoms with Gasteiger partial charge in [0.1, 0.15) is 0 Å². The molecule has 0 bridgehead atoms. The molecule has 0 nitrogen and oxygen atoms in total. The van der Waals surface area contributed by atoms with Crippen LogP contribution in [0.15, 0.2) is 29.0 Å². The van der Waals surface area contributed by atoms with Gasteiger partial charge in [-0.1, -0.05) is 32.6 Å². The van der Waals surface area contributed by atoms with E-state index in [1.54, 1.807) is 0 Å². The lowest BCUT2D eigenvalue weighted by atomic mass is 10.0. The minimum absolute atomic E-state index is 1.10. The van der Waals surface area contributed by atoms with Crippen LogP contribution in [0, 0.1) is 11.8 Å². The van der Waals surface area contributed by atoms with Crippen molar-refractivity contribution >= 4 is 0 Å². The first-order valence-electron chi connectivity index (χ1n) is 6.78. The maximum Gasteiger partial charge on any atom is -0.000479 e. The average Bonchev–Trinajstić information content (AvgIpc) is 2.32. The Balaban J connectivity index is 4.56. The third-order valence-corrected chi connectivity index (χ3v) is 2.61. The third-order valence-electron chi connectivity index (χ3n) is 2.61. The van der Waals surface area contributed by atoms with E-state index >= 15 is 0 Å². The fourth-order valence-corrected chi connectivity index (χ4v) is 1.57. The topological polar surface area (TPSA) is 0 Å². The lowest BCUT2D eigenvalue weighted by Crippen LogP contribution is -1.83. The molecule has 0 saturated heterocycles. The summed E-state index contributed by atoms with van der Waals surface area (Å²) in [6.45, 7) is 8.38. The molecule has 0 aromatic carbocycles. The number of hydrogen-bond acceptors (Lipinski definition) is 0. The lowest BCUT2D eigenvalue weighted by Gasteiger charge is -2.01. The molecule has 0 heteroatoms. The van der Waals surface area contributed by atoms with Crippen LogP contribution in [0.5, 0.6) is 0 Å². The molecule has 0 aromatic heterocycles. The molecule has 0 radical (unpaired) electrons. The van der Waals surface area contributed by atoms with Crippen LogP contribution in [0.4, 0.5) is 0 Å². The zero-order chi connectivity index (χ0) is 12.9. The number of allylic oxidation sites excluding steroid dienone is 3. The Kier molecular flexibility index (Phi) is 10.5. The number of rotatable bonds is 7. The highest BCUT2D eigenvalue weighted by Gasteiger charge is 1.94. The molecule has 0 spiro atoms. The lowest BCUT2D eigenvalue weighted by molar-refractivity contribution is 0.714. The smallest absolute Gasteiger partial charge is 0.000479 e. The summed E-state index contributed by atoms with van der Waals surface area (Å²) in [5.41, 5.74) is 5.99. The van der Waals surface area contributed by atoms with Gasteiger partial charge in [-0.05, 0) is 62.8 Å². The molecule has 0 aliphatic rings. The van der Waals surface area contributed by atoms with E-state index < -0.39 is 0 Å². The third kappa shape index (κ3) is 9.73. The molecular weight excluding hydrogens is 204 g/mol. The Morgan fingerprint density at radius 1 is 1.06 bits per heavy atom. The second kappa shape index (κ2) is 11.3. The first-order chi connectivity index (χ1) is 8.24. The largest absolute Gasteiger partial charge is 0.122 e. The molecule has 94 valence electrons. The Morgan fingerprint density at radius 2 is 1.65 bits per heavy atom. The summed E-state index contributed by atoms with van der Waals surface area (Å²) < 4.78 is 0. The molecule has 0 saturated carbocycles. The van der Waals surface area contributed by atoms with Crippen LogP contribution in [0.3, 0.4) is 0 Å². The van der Waals surface area contributed by atoms with Crippen LogP contribution in [-0.4, -0.2) is 0 Å². The summed E-state index contributed by atoms with van der Waals surface area (Å²) in [6, 6.07) is 0. The van der Waals surface area contributed by atoms with Gasteiger partial charge in [-0.3, -0.25) is 0 Å². The van der Waals surface area contributed by atoms with E-state index in [-0.39, 0.29) is 0 Å². The predicted molar refractivity (Wildman–Crippen MR) is 77.9 cm³/mol. The quantitative estimate of drug-likeness (QED) is 0.311. The van der Waals surface area contributed by atoms with Gasteiger partial charge in [0.2, 0.25) is 0 Å². The van der Waals surface area contributed by atoms with E-state index in [0.29, 0.717) is 0 Å². The van der Waals surface area contributed by atoms with Gasteiger partial charge in [0.05, 0.1) is 0 Å². The van der Waals surface area contributed by atoms with Gasteiger partial charge in [-0.25, -0.2) is 0 Å². The standard InChI is InChI=1S/C17H26/c1-5-8-13-17(14-9-6-2)15-10-12-16(4)11-7-3/h10,12H,5-6,8-9,13-14H2,1-4H3/b16-12+. The maximum absolute atomic E-state index is 3.43. The maximum atomic E-state index is 3.43. The van der Waals surface area contributed by atoms with Crippen molar-refractivity contribution in [1.82, 2.24) is 0 Å². The molecule has 0 aromatic rings. The van der Waals surface area contributed by atoms with E-state index in [1.807, 2.05) is 26.0 Å². The fourth-order valence-electron chi connectivity index (χ4n) is 1.57. The Bertz CT molecular complexity index is 328. The molecule has 0 N–H and O–H groups in total. The Hall–Kier alpha value is -1.18. The van der Waals surface area contributed by atoms with Crippen LogP contribution in [0.2, 0.25) is 0 Å². The highest BCUT2D eigenvalue weighted by Crippen LogP contribution is 2.13. The molecule has 0 heterocycles. The Labute approximate surface area is 108 Å². The predicted octanol–water partition coefficient (Wildman–Crippen LogP) is 5.42. The van der Waals surface area contributed by atoms with Crippen molar-refractivity contribution in [2.45, 2.75) is 66.2 Å². The van der Waals surface area contributed by atoms with Gasteiger partial charge < -0.3 is 0 Å². The Morgan fingerprint density at radius 3 is 2.12 bits per heavy atom. The van der Waals surface area contributed by atoms with E-state index in [9.17, 15) is 0 Å². The summed E-state index contributed by atoms with van der Waals surface area (Å²) in [4.78, 5) is 0. The molecule has 0 rings (SSSR count). The van der Waals surface area contributed by atoms with Crippen molar-refractivity contribution in [3.8, 4) is 11.8 Å². The highest BCUT2D eigenvalue weighted by atomic mass is 14.0. The SMILES string of the molecule is CC#C/C(C)=C/C=C=C(CCCC)CCCC. The second-order valence-corrected chi connectivity index (χ2v) is 4.35. The zero-order valence-corrected chi connectivity index (χ0v) is 11.9. The molecule has 0 unspecified atom stereocenters. The van der Waals surface area contributed by atoms with E-state index in [4.69, 9.17) is 0 Å². The molecule has 0 atom stereocenters. The number of unbranched alkanes of at least 4 members (excludes halogenated alkanes) is 2. The van der Waals surface area contributed by atoms with Gasteiger partial charge in [-0.15, -0.1) is 11.7 Å². The van der Waals surface area contributed by atoms with Gasteiger partial charge >= 0.3 is 0 Å². The summed E-state index contributed by atoms with van der Waals surface area (Å²) in [5.74, 6) is 5.94. The zero-order valence-electron chi connectivity index (χ0n) is 11.9. The first kappa shape index (κ1) is 15.8. The molecule has 0 aliphatic heterocycles. The first-order valence-corrected chi connectivity index (χ1v) is 6.78. The molecule has 0 amide bonds. The van der Waals surface area contributed by atoms with Crippen LogP contribution in [0.1, 0.15) is 66.2 Å². The molecule has 17 heavy (non-hydrogen) atoms. The normalized spacial score (nSPS) is 10.2. The monoisotopic (exact) mass is 230 g/mol. The second-order valence-electron chi connectivity index (χ2n) is 4.35. The van der Waals surface area contributed by atoms with Crippen molar-refractivity contribution < 1.29 is 0 Å². The highest BCUT2D eigenvalue weighted by molar-refractivity contribution is 5.29. The minimum atomic E-state index is 1.10. The minimum Gasteiger partial charge on any atom is -0.122 e. The van der Waals surface area contributed by atoms with Crippen molar-refractivity contribution in [3.05, 3.63) is 29.0 Å². The van der Waals surface area contributed by atoms with E-state index in [1.165, 1.54) is 44.1 Å². The summed E-state index contributed by atoms with van der Waals surface area (Å²) in [5, 5.41) is 0. The number of hydrogen-bond donors (Lipinski definition) is 0. The van der Waals surface area contributed by atoms with Crippen LogP contribution in [0.25, 0.3) is 0 Å². The summed E-state index contributed by atoms with van der Waals surface area (Å²) >= 11 is 0. The summed E-state index contributed by atoms with van der Waals surface area (Å²) in [7, 11) is 0. The van der Waals surface area contributed by atoms with Crippen LogP contribution in [-0.2, 0) is 0 Å². The van der Waals surface area contributed by atoms with Gasteiger partial charge in [-0.2, -0.15) is 0 Å². The van der Waals surface area contributed by atoms with Gasteiger partial charge in [0.15, 0.2) is 0 Å². The molecular formula is C17H26. The van der Waals surface area contributed by atoms with E-state index in [2.05, 4.69) is 31.4 Å². The summed E-state index contributed by atoms with van der Waals surface area (Å²) in [6.07, 6.45) is 11.5. The van der Waals surface area contributed by atoms with Crippen LogP contribution >= 0.6 is 0 Å². The molecule has 0 fully saturated rings. The molecule has 0 aliphatic carbocycles. The van der Waals surface area contributed by atoms with Gasteiger partial charge in [0, 0.05) is 0 Å². The van der Waals surface area contributed by atoms with Crippen molar-refractivity contribution in [2.75, 3.05) is 0 Å². The van der Waals surface area contributed by atoms with Crippen molar-refractivity contribution in [2.24, 2.45) is 0 Å². The van der Waals surface area contributed by atoms with E-state index in [0.717, 1.165) is 5.57 Å².